The summed E-state index contributed by atoms with van der Waals surface area (Å²) in [5.74, 6) is 1.26. The van der Waals surface area contributed by atoms with Crippen LogP contribution in [0.5, 0.6) is 5.75 Å². The molecule has 1 N–H and O–H groups in total. The van der Waals surface area contributed by atoms with Gasteiger partial charge in [0.15, 0.2) is 11.5 Å². The van der Waals surface area contributed by atoms with Gasteiger partial charge in [-0.2, -0.15) is 0 Å². The quantitative estimate of drug-likeness (QED) is 0.688. The van der Waals surface area contributed by atoms with E-state index in [4.69, 9.17) is 14.2 Å². The van der Waals surface area contributed by atoms with Crippen LogP contribution in [0.15, 0.2) is 69.6 Å². The number of nitrogens with zero attached hydrogens (tertiary/aromatic N) is 1. The first kappa shape index (κ1) is 21.1. The fourth-order valence-electron chi connectivity index (χ4n) is 5.02. The SMILES string of the molecule is CCC1=C(C)NC2=C(OC=O)C=C3C(=C1C2)CCN3C(=O)C1=Cc2cc(OC)ccc2CO1. The molecule has 3 aliphatic heterocycles. The van der Waals surface area contributed by atoms with Crippen molar-refractivity contribution in [2.75, 3.05) is 13.7 Å². The van der Waals surface area contributed by atoms with Gasteiger partial charge in [-0.3, -0.25) is 9.59 Å². The van der Waals surface area contributed by atoms with E-state index in [1.54, 1.807) is 24.2 Å². The third-order valence-electron chi connectivity index (χ3n) is 6.63. The molecule has 0 radical (unpaired) electrons. The van der Waals surface area contributed by atoms with Crippen molar-refractivity contribution in [1.82, 2.24) is 10.2 Å². The van der Waals surface area contributed by atoms with Crippen molar-refractivity contribution in [2.45, 2.75) is 39.7 Å². The van der Waals surface area contributed by atoms with E-state index in [0.717, 1.165) is 52.4 Å². The van der Waals surface area contributed by atoms with Crippen LogP contribution >= 0.6 is 0 Å². The number of carbonyl (C=O) groups excluding carboxylic acids is 2. The highest BCUT2D eigenvalue weighted by molar-refractivity contribution is 5.98. The molecule has 0 spiro atoms. The Bertz CT molecular complexity index is 1220. The number of benzene rings is 1. The molecule has 170 valence electrons. The van der Waals surface area contributed by atoms with Gasteiger partial charge in [0.2, 0.25) is 0 Å². The topological polar surface area (TPSA) is 77.1 Å². The maximum Gasteiger partial charge on any atom is 0.298 e. The summed E-state index contributed by atoms with van der Waals surface area (Å²) in [5.41, 5.74) is 8.16. The number of rotatable bonds is 5. The molecule has 7 nitrogen and oxygen atoms in total. The van der Waals surface area contributed by atoms with Crippen LogP contribution in [0.1, 0.15) is 44.2 Å². The van der Waals surface area contributed by atoms with E-state index in [1.165, 1.54) is 11.1 Å². The maximum absolute atomic E-state index is 13.6. The number of carbonyl (C=O) groups is 2. The van der Waals surface area contributed by atoms with Crippen LogP contribution in [0.4, 0.5) is 0 Å². The number of allylic oxidation sites excluding steroid dienone is 5. The summed E-state index contributed by atoms with van der Waals surface area (Å²) >= 11 is 0. The lowest BCUT2D eigenvalue weighted by Gasteiger charge is -2.26. The summed E-state index contributed by atoms with van der Waals surface area (Å²) in [6, 6.07) is 5.73. The number of methoxy groups -OCH3 is 1. The molecule has 0 aromatic heterocycles. The number of hydrogen-bond donors (Lipinski definition) is 1. The lowest BCUT2D eigenvalue weighted by molar-refractivity contribution is -0.128. The molecule has 0 unspecified atom stereocenters. The lowest BCUT2D eigenvalue weighted by Crippen LogP contribution is -2.30. The van der Waals surface area contributed by atoms with Crippen LogP contribution in [-0.4, -0.2) is 30.9 Å². The van der Waals surface area contributed by atoms with E-state index in [1.807, 2.05) is 25.1 Å². The molecule has 1 saturated heterocycles. The summed E-state index contributed by atoms with van der Waals surface area (Å²) in [6.45, 7) is 5.46. The average molecular weight is 447 g/mol. The minimum absolute atomic E-state index is 0.205. The van der Waals surface area contributed by atoms with E-state index in [-0.39, 0.29) is 5.91 Å². The first-order chi connectivity index (χ1) is 16.0. The minimum atomic E-state index is -0.205. The second kappa shape index (κ2) is 8.31. The zero-order valence-corrected chi connectivity index (χ0v) is 19.0. The van der Waals surface area contributed by atoms with Gasteiger partial charge in [-0.25, -0.2) is 0 Å². The van der Waals surface area contributed by atoms with Gasteiger partial charge < -0.3 is 24.4 Å². The van der Waals surface area contributed by atoms with E-state index < -0.39 is 0 Å². The van der Waals surface area contributed by atoms with Crippen LogP contribution in [-0.2, 0) is 25.7 Å². The van der Waals surface area contributed by atoms with Crippen LogP contribution in [0.25, 0.3) is 6.08 Å². The van der Waals surface area contributed by atoms with Gasteiger partial charge in [0.25, 0.3) is 12.4 Å². The Hall–Kier alpha value is -3.74. The summed E-state index contributed by atoms with van der Waals surface area (Å²) in [6.07, 6.45) is 5.84. The molecule has 3 heterocycles. The number of hydrogen-bond acceptors (Lipinski definition) is 6. The molecule has 1 aliphatic carbocycles. The number of nitrogens with one attached hydrogen (secondary N) is 1. The average Bonchev–Trinajstić information content (AvgIpc) is 3.20. The Morgan fingerprint density at radius 3 is 2.88 bits per heavy atom. The summed E-state index contributed by atoms with van der Waals surface area (Å²) in [5, 5.41) is 3.39. The highest BCUT2D eigenvalue weighted by Crippen LogP contribution is 2.43. The zero-order valence-electron chi connectivity index (χ0n) is 19.0. The maximum atomic E-state index is 13.6. The Labute approximate surface area is 192 Å². The standard InChI is InChI=1S/C26H26N2O5/c1-4-19-15(2)27-22-11-21(19)20-7-8-28(23(20)12-24(22)33-14-29)26(30)25-10-17-9-18(31-3)6-5-16(17)13-32-25/h5-6,9-10,12,14,27H,4,7-8,11,13H2,1-3H3. The molecule has 0 atom stereocenters. The van der Waals surface area contributed by atoms with Gasteiger partial charge in [0.1, 0.15) is 12.4 Å². The fraction of sp³-hybridized carbons (Fsp3) is 0.308. The van der Waals surface area contributed by atoms with E-state index in [2.05, 4.69) is 12.2 Å². The van der Waals surface area contributed by atoms with Crippen molar-refractivity contribution in [3.8, 4) is 5.75 Å². The van der Waals surface area contributed by atoms with E-state index in [9.17, 15) is 9.59 Å². The van der Waals surface area contributed by atoms with Crippen LogP contribution < -0.4 is 10.1 Å². The third-order valence-corrected chi connectivity index (χ3v) is 6.63. The van der Waals surface area contributed by atoms with Gasteiger partial charge >= 0.3 is 0 Å². The smallest absolute Gasteiger partial charge is 0.298 e. The van der Waals surface area contributed by atoms with Crippen LogP contribution in [0.3, 0.4) is 0 Å². The predicted octanol–water partition coefficient (Wildman–Crippen LogP) is 4.05. The molecule has 4 aliphatic rings. The van der Waals surface area contributed by atoms with Crippen molar-refractivity contribution in [2.24, 2.45) is 0 Å². The highest BCUT2D eigenvalue weighted by Gasteiger charge is 2.37. The Kier molecular flexibility index (Phi) is 5.32. The molecule has 1 fully saturated rings. The molecule has 5 rings (SSSR count). The molecular weight excluding hydrogens is 420 g/mol. The van der Waals surface area contributed by atoms with Crippen molar-refractivity contribution >= 4 is 18.5 Å². The molecule has 0 saturated carbocycles. The van der Waals surface area contributed by atoms with Gasteiger partial charge in [-0.05, 0) is 65.8 Å². The summed E-state index contributed by atoms with van der Waals surface area (Å²) < 4.78 is 16.5. The number of ether oxygens (including phenoxy) is 3. The van der Waals surface area contributed by atoms with E-state index >= 15 is 0 Å². The van der Waals surface area contributed by atoms with Gasteiger partial charge in [0.05, 0.1) is 18.5 Å². The second-order valence-corrected chi connectivity index (χ2v) is 8.37. The second-order valence-electron chi connectivity index (χ2n) is 8.37. The molecule has 33 heavy (non-hydrogen) atoms. The van der Waals surface area contributed by atoms with Gasteiger partial charge in [-0.1, -0.05) is 13.0 Å². The first-order valence-electron chi connectivity index (χ1n) is 11.1. The Balaban J connectivity index is 1.55. The summed E-state index contributed by atoms with van der Waals surface area (Å²) in [4.78, 5) is 26.5. The predicted molar refractivity (Wildman–Crippen MR) is 122 cm³/mol. The fourth-order valence-corrected chi connectivity index (χ4v) is 5.02. The van der Waals surface area contributed by atoms with Crippen LogP contribution in [0, 0.1) is 0 Å². The van der Waals surface area contributed by atoms with E-state index in [0.29, 0.717) is 37.6 Å². The molecule has 2 bridgehead atoms. The van der Waals surface area contributed by atoms with Crippen molar-refractivity contribution in [3.05, 3.63) is 80.7 Å². The molecule has 1 amide bonds. The molecule has 1 aromatic carbocycles. The van der Waals surface area contributed by atoms with Crippen molar-refractivity contribution in [1.29, 1.82) is 0 Å². The normalized spacial score (nSPS) is 19.1. The van der Waals surface area contributed by atoms with Crippen molar-refractivity contribution in [3.63, 3.8) is 0 Å². The number of likely N-dealkylation sites (tertiary alicyclic amines) is 1. The Morgan fingerprint density at radius 2 is 2.12 bits per heavy atom. The Morgan fingerprint density at radius 1 is 1.27 bits per heavy atom. The van der Waals surface area contributed by atoms with Gasteiger partial charge in [0, 0.05) is 24.7 Å². The third kappa shape index (κ3) is 3.53. The van der Waals surface area contributed by atoms with Gasteiger partial charge in [-0.15, -0.1) is 0 Å². The van der Waals surface area contributed by atoms with Crippen LogP contribution in [0.2, 0.25) is 0 Å². The monoisotopic (exact) mass is 446 g/mol. The molecular formula is C26H26N2O5. The zero-order chi connectivity index (χ0) is 23.1. The number of fused-ring (bicyclic) bond motifs is 4. The minimum Gasteiger partial charge on any atom is -0.497 e. The molecule has 7 heteroatoms. The summed E-state index contributed by atoms with van der Waals surface area (Å²) in [7, 11) is 1.62. The molecule has 1 aromatic rings. The number of amides is 1. The highest BCUT2D eigenvalue weighted by atomic mass is 16.5. The largest absolute Gasteiger partial charge is 0.497 e. The first-order valence-corrected chi connectivity index (χ1v) is 11.1. The lowest BCUT2D eigenvalue weighted by atomic mass is 9.89. The van der Waals surface area contributed by atoms with Crippen molar-refractivity contribution < 1.29 is 23.8 Å².